The van der Waals surface area contributed by atoms with Crippen LogP contribution in [0.4, 0.5) is 5.82 Å². The zero-order chi connectivity index (χ0) is 21.3. The maximum Gasteiger partial charge on any atom is 0.326 e. The molecule has 0 aliphatic carbocycles. The van der Waals surface area contributed by atoms with E-state index in [2.05, 4.69) is 20.3 Å². The third-order valence-corrected chi connectivity index (χ3v) is 5.05. The molecular formula is C19H21N5O6. The summed E-state index contributed by atoms with van der Waals surface area (Å²) in [4.78, 5) is 24.5. The van der Waals surface area contributed by atoms with Gasteiger partial charge in [-0.3, -0.25) is 4.57 Å². The summed E-state index contributed by atoms with van der Waals surface area (Å²) in [5.74, 6) is -1.46. The third kappa shape index (κ3) is 3.84. The summed E-state index contributed by atoms with van der Waals surface area (Å²) in [6.07, 6.45) is 3.78. The number of carbonyl (C=O) groups is 1. The number of aliphatic hydroxyl groups excluding tert-OH is 1. The number of aromatic nitrogens is 4. The van der Waals surface area contributed by atoms with Gasteiger partial charge in [-0.2, -0.15) is 0 Å². The molecule has 0 unspecified atom stereocenters. The summed E-state index contributed by atoms with van der Waals surface area (Å²) in [5, 5.41) is 40.9. The fourth-order valence-electron chi connectivity index (χ4n) is 3.49. The minimum absolute atomic E-state index is 0.0410. The average Bonchev–Trinajstić information content (AvgIpc) is 3.37. The molecule has 3 aromatic rings. The summed E-state index contributed by atoms with van der Waals surface area (Å²) in [5.41, 5.74) is 1.41. The minimum Gasteiger partial charge on any atom is -0.504 e. The molecule has 1 fully saturated rings. The molecule has 30 heavy (non-hydrogen) atoms. The van der Waals surface area contributed by atoms with Crippen LogP contribution in [0.5, 0.6) is 11.5 Å². The molecule has 11 heteroatoms. The number of nitrogens with zero attached hydrogens (tertiary/aromatic N) is 4. The first-order chi connectivity index (χ1) is 14.5. The van der Waals surface area contributed by atoms with Gasteiger partial charge >= 0.3 is 5.97 Å². The number of phenols is 2. The molecule has 11 nitrogen and oxygen atoms in total. The fourth-order valence-corrected chi connectivity index (χ4v) is 3.49. The van der Waals surface area contributed by atoms with E-state index < -0.39 is 12.0 Å². The van der Waals surface area contributed by atoms with E-state index in [1.54, 1.807) is 10.9 Å². The molecule has 1 aromatic carbocycles. The van der Waals surface area contributed by atoms with Crippen LogP contribution in [0.25, 0.3) is 11.2 Å². The molecule has 3 atom stereocenters. The molecule has 0 saturated carbocycles. The number of hydrogen-bond acceptors (Lipinski definition) is 9. The highest BCUT2D eigenvalue weighted by molar-refractivity contribution is 5.86. The van der Waals surface area contributed by atoms with Gasteiger partial charge in [0, 0.05) is 6.42 Å². The number of aliphatic hydroxyl groups is 1. The van der Waals surface area contributed by atoms with Gasteiger partial charge in [-0.15, -0.1) is 0 Å². The molecule has 0 bridgehead atoms. The second-order valence-electron chi connectivity index (χ2n) is 7.08. The lowest BCUT2D eigenvalue weighted by atomic mass is 10.1. The van der Waals surface area contributed by atoms with Crippen molar-refractivity contribution in [2.75, 3.05) is 11.9 Å². The Bertz CT molecular complexity index is 1070. The molecule has 0 amide bonds. The van der Waals surface area contributed by atoms with Crippen molar-refractivity contribution in [3.63, 3.8) is 0 Å². The number of ether oxygens (including phenoxy) is 1. The topological polar surface area (TPSA) is 163 Å². The summed E-state index contributed by atoms with van der Waals surface area (Å²) < 4.78 is 7.52. The van der Waals surface area contributed by atoms with Gasteiger partial charge in [-0.1, -0.05) is 6.07 Å². The van der Waals surface area contributed by atoms with Crippen LogP contribution >= 0.6 is 0 Å². The van der Waals surface area contributed by atoms with Crippen LogP contribution in [0.15, 0.2) is 30.9 Å². The number of phenolic OH excluding ortho intramolecular Hbond substituents is 2. The second-order valence-corrected chi connectivity index (χ2v) is 7.08. The second kappa shape index (κ2) is 8.13. The number of aliphatic carboxylic acids is 1. The highest BCUT2D eigenvalue weighted by atomic mass is 16.5. The number of benzene rings is 1. The lowest BCUT2D eigenvalue weighted by Gasteiger charge is -2.16. The van der Waals surface area contributed by atoms with E-state index in [9.17, 15) is 25.2 Å². The van der Waals surface area contributed by atoms with Crippen LogP contribution in [0.2, 0.25) is 0 Å². The third-order valence-electron chi connectivity index (χ3n) is 5.05. The first kappa shape index (κ1) is 19.9. The van der Waals surface area contributed by atoms with Gasteiger partial charge in [-0.05, 0) is 30.5 Å². The first-order valence-corrected chi connectivity index (χ1v) is 9.40. The Morgan fingerprint density at radius 2 is 2.07 bits per heavy atom. The number of anilines is 1. The maximum atomic E-state index is 11.8. The number of aromatic hydroxyl groups is 2. The highest BCUT2D eigenvalue weighted by Gasteiger charge is 2.28. The average molecular weight is 415 g/mol. The number of carboxylic acid groups (broad SMARTS) is 1. The molecule has 3 heterocycles. The summed E-state index contributed by atoms with van der Waals surface area (Å²) in [7, 11) is 0. The Morgan fingerprint density at radius 3 is 2.77 bits per heavy atom. The maximum absolute atomic E-state index is 11.8. The van der Waals surface area contributed by atoms with E-state index in [0.29, 0.717) is 23.1 Å². The molecule has 5 N–H and O–H groups in total. The monoisotopic (exact) mass is 415 g/mol. The van der Waals surface area contributed by atoms with Crippen LogP contribution in [0.3, 0.4) is 0 Å². The van der Waals surface area contributed by atoms with Crippen molar-refractivity contribution in [3.8, 4) is 11.5 Å². The molecule has 1 saturated heterocycles. The highest BCUT2D eigenvalue weighted by Crippen LogP contribution is 2.31. The van der Waals surface area contributed by atoms with E-state index in [4.69, 9.17) is 4.74 Å². The predicted octanol–water partition coefficient (Wildman–Crippen LogP) is 1.02. The number of imidazole rings is 1. The number of carboxylic acids is 1. The molecule has 0 radical (unpaired) electrons. The number of nitrogens with one attached hydrogen (secondary N) is 1. The molecular weight excluding hydrogens is 394 g/mol. The van der Waals surface area contributed by atoms with E-state index in [-0.39, 0.29) is 42.7 Å². The molecule has 158 valence electrons. The zero-order valence-corrected chi connectivity index (χ0v) is 15.8. The van der Waals surface area contributed by atoms with Gasteiger partial charge in [0.1, 0.15) is 18.6 Å². The normalized spacial score (nSPS) is 19.8. The molecule has 1 aliphatic rings. The fraction of sp³-hybridized carbons (Fsp3) is 0.368. The van der Waals surface area contributed by atoms with Crippen molar-refractivity contribution in [1.82, 2.24) is 19.5 Å². The van der Waals surface area contributed by atoms with Gasteiger partial charge in [0.05, 0.1) is 19.0 Å². The Labute approximate surface area is 170 Å². The van der Waals surface area contributed by atoms with Crippen LogP contribution in [0, 0.1) is 0 Å². The number of hydrogen-bond donors (Lipinski definition) is 5. The van der Waals surface area contributed by atoms with Crippen molar-refractivity contribution in [1.29, 1.82) is 0 Å². The Morgan fingerprint density at radius 1 is 1.23 bits per heavy atom. The zero-order valence-electron chi connectivity index (χ0n) is 15.8. The van der Waals surface area contributed by atoms with Crippen molar-refractivity contribution < 1.29 is 30.0 Å². The molecule has 2 aromatic heterocycles. The van der Waals surface area contributed by atoms with Crippen molar-refractivity contribution in [2.24, 2.45) is 0 Å². The first-order valence-electron chi connectivity index (χ1n) is 9.40. The van der Waals surface area contributed by atoms with Crippen molar-refractivity contribution in [2.45, 2.75) is 37.6 Å². The minimum atomic E-state index is -1.11. The Balaban J connectivity index is 1.58. The van der Waals surface area contributed by atoms with Crippen molar-refractivity contribution >= 4 is 23.0 Å². The summed E-state index contributed by atoms with van der Waals surface area (Å²) >= 11 is 0. The van der Waals surface area contributed by atoms with Crippen molar-refractivity contribution in [3.05, 3.63) is 36.4 Å². The smallest absolute Gasteiger partial charge is 0.326 e. The van der Waals surface area contributed by atoms with Gasteiger partial charge < -0.3 is 30.5 Å². The van der Waals surface area contributed by atoms with Crippen LogP contribution in [-0.4, -0.2) is 64.7 Å². The molecule has 1 aliphatic heterocycles. The van der Waals surface area contributed by atoms with Gasteiger partial charge in [0.25, 0.3) is 0 Å². The van der Waals surface area contributed by atoms with E-state index >= 15 is 0 Å². The van der Waals surface area contributed by atoms with E-state index in [1.807, 2.05) is 0 Å². The Kier molecular flexibility index (Phi) is 5.38. The van der Waals surface area contributed by atoms with Crippen LogP contribution in [0.1, 0.15) is 24.6 Å². The van der Waals surface area contributed by atoms with Gasteiger partial charge in [-0.25, -0.2) is 19.7 Å². The Hall–Kier alpha value is -3.44. The predicted molar refractivity (Wildman–Crippen MR) is 104 cm³/mol. The lowest BCUT2D eigenvalue weighted by Crippen LogP contribution is -2.32. The van der Waals surface area contributed by atoms with Gasteiger partial charge in [0.15, 0.2) is 28.5 Å². The molecule has 0 spiro atoms. The van der Waals surface area contributed by atoms with E-state index in [0.717, 1.165) is 6.42 Å². The van der Waals surface area contributed by atoms with Crippen LogP contribution in [-0.2, 0) is 16.0 Å². The standard InChI is InChI=1S/C19H21N5O6/c25-7-11-2-4-15(30-11)24-9-22-16-17(20-8-21-18(16)24)23-12(19(28)29)5-10-1-3-13(26)14(27)6-10/h1,3,6,8-9,11-12,15,25-27H,2,4-5,7H2,(H,28,29)(H,20,21,23)/t11-,12-,15+/m0/s1. The van der Waals surface area contributed by atoms with Crippen LogP contribution < -0.4 is 5.32 Å². The summed E-state index contributed by atoms with van der Waals surface area (Å²) in [6.45, 7) is -0.0575. The SMILES string of the molecule is O=C(O)[C@H](Cc1ccc(O)c(O)c1)Nc1ncnc2c1ncn2[C@H]1CC[C@@H](CO)O1. The number of fused-ring (bicyclic) bond motifs is 1. The lowest BCUT2D eigenvalue weighted by molar-refractivity contribution is -0.137. The number of rotatable bonds is 7. The molecule has 4 rings (SSSR count). The van der Waals surface area contributed by atoms with E-state index in [1.165, 1.54) is 24.5 Å². The largest absolute Gasteiger partial charge is 0.504 e. The van der Waals surface area contributed by atoms with Gasteiger partial charge in [0.2, 0.25) is 0 Å². The summed E-state index contributed by atoms with van der Waals surface area (Å²) in [6, 6.07) is 3.09. The quantitative estimate of drug-likeness (QED) is 0.352.